The first kappa shape index (κ1) is 16.8. The zero-order chi connectivity index (χ0) is 16.8. The third-order valence-corrected chi connectivity index (χ3v) is 3.99. The fraction of sp³-hybridized carbons (Fsp3) is 0.250. The van der Waals surface area contributed by atoms with Crippen LogP contribution in [0.3, 0.4) is 0 Å². The predicted octanol–water partition coefficient (Wildman–Crippen LogP) is 2.46. The summed E-state index contributed by atoms with van der Waals surface area (Å²) in [6.45, 7) is 1.82. The van der Waals surface area contributed by atoms with E-state index in [1.807, 2.05) is 19.1 Å². The number of carboxylic acid groups (broad SMARTS) is 1. The minimum Gasteiger partial charge on any atom is -0.495 e. The first-order valence-corrected chi connectivity index (χ1v) is 7.67. The molecule has 0 saturated carbocycles. The molecule has 0 atom stereocenters. The molecule has 2 rings (SSSR count). The molecule has 0 aliphatic rings. The molecule has 1 aromatic heterocycles. The van der Waals surface area contributed by atoms with Crippen LogP contribution in [0.15, 0.2) is 30.3 Å². The van der Waals surface area contributed by atoms with E-state index in [0.717, 1.165) is 10.4 Å². The number of ether oxygens (including phenoxy) is 2. The van der Waals surface area contributed by atoms with Crippen molar-refractivity contribution in [1.29, 1.82) is 0 Å². The fourth-order valence-corrected chi connectivity index (χ4v) is 2.85. The predicted molar refractivity (Wildman–Crippen MR) is 86.4 cm³/mol. The van der Waals surface area contributed by atoms with E-state index in [0.29, 0.717) is 22.9 Å². The van der Waals surface area contributed by atoms with E-state index in [-0.39, 0.29) is 5.91 Å². The lowest BCUT2D eigenvalue weighted by molar-refractivity contribution is -0.139. The van der Waals surface area contributed by atoms with Crippen LogP contribution in [0.2, 0.25) is 0 Å². The number of methoxy groups -OCH3 is 1. The number of carbonyl (C=O) groups is 2. The van der Waals surface area contributed by atoms with Crippen LogP contribution >= 0.6 is 11.3 Å². The van der Waals surface area contributed by atoms with Gasteiger partial charge in [0.05, 0.1) is 7.11 Å². The summed E-state index contributed by atoms with van der Waals surface area (Å²) in [6, 6.07) is 8.75. The highest BCUT2D eigenvalue weighted by atomic mass is 32.1. The maximum Gasteiger partial charge on any atom is 0.341 e. The molecule has 0 aliphatic heterocycles. The van der Waals surface area contributed by atoms with E-state index in [9.17, 15) is 9.59 Å². The standard InChI is InChI=1S/C16H17NO5S/c1-10-6-13(21-2)15(23-10)16(20)17-8-11-4-3-5-12(7-11)22-9-14(18)19/h3-7H,8-9H2,1-2H3,(H,17,20)(H,18,19). The SMILES string of the molecule is COc1cc(C)sc1C(=O)NCc1cccc(OCC(=O)O)c1. The molecule has 1 amide bonds. The van der Waals surface area contributed by atoms with Crippen molar-refractivity contribution in [2.75, 3.05) is 13.7 Å². The van der Waals surface area contributed by atoms with Crippen LogP contribution in [-0.4, -0.2) is 30.7 Å². The van der Waals surface area contributed by atoms with E-state index in [1.54, 1.807) is 18.2 Å². The molecule has 0 saturated heterocycles. The Labute approximate surface area is 137 Å². The van der Waals surface area contributed by atoms with Crippen molar-refractivity contribution in [2.24, 2.45) is 0 Å². The highest BCUT2D eigenvalue weighted by Crippen LogP contribution is 2.28. The topological polar surface area (TPSA) is 84.9 Å². The molecule has 0 spiro atoms. The average molecular weight is 335 g/mol. The monoisotopic (exact) mass is 335 g/mol. The Kier molecular flexibility index (Phi) is 5.59. The zero-order valence-corrected chi connectivity index (χ0v) is 13.6. The first-order chi connectivity index (χ1) is 11.0. The number of hydrogen-bond donors (Lipinski definition) is 2. The van der Waals surface area contributed by atoms with Crippen molar-refractivity contribution in [1.82, 2.24) is 5.32 Å². The number of carbonyl (C=O) groups excluding carboxylic acids is 1. The Balaban J connectivity index is 1.98. The van der Waals surface area contributed by atoms with Gasteiger partial charge in [0.25, 0.3) is 5.91 Å². The van der Waals surface area contributed by atoms with Crippen LogP contribution in [-0.2, 0) is 11.3 Å². The third-order valence-electron chi connectivity index (χ3n) is 2.96. The number of nitrogens with one attached hydrogen (secondary N) is 1. The molecule has 7 heteroatoms. The van der Waals surface area contributed by atoms with Crippen LogP contribution in [0.1, 0.15) is 20.1 Å². The van der Waals surface area contributed by atoms with Gasteiger partial charge in [-0.2, -0.15) is 0 Å². The molecule has 1 heterocycles. The van der Waals surface area contributed by atoms with Crippen molar-refractivity contribution >= 4 is 23.2 Å². The molecule has 122 valence electrons. The Morgan fingerprint density at radius 1 is 1.30 bits per heavy atom. The van der Waals surface area contributed by atoms with Crippen LogP contribution in [0.25, 0.3) is 0 Å². The Bertz CT molecular complexity index is 710. The molecular formula is C16H17NO5S. The average Bonchev–Trinajstić information content (AvgIpc) is 2.92. The maximum absolute atomic E-state index is 12.2. The molecule has 0 aliphatic carbocycles. The van der Waals surface area contributed by atoms with Crippen molar-refractivity contribution in [2.45, 2.75) is 13.5 Å². The van der Waals surface area contributed by atoms with Crippen molar-refractivity contribution in [3.8, 4) is 11.5 Å². The summed E-state index contributed by atoms with van der Waals surface area (Å²) < 4.78 is 10.3. The number of aliphatic carboxylic acids is 1. The zero-order valence-electron chi connectivity index (χ0n) is 12.8. The van der Waals surface area contributed by atoms with Gasteiger partial charge in [0.2, 0.25) is 0 Å². The van der Waals surface area contributed by atoms with E-state index in [4.69, 9.17) is 14.6 Å². The van der Waals surface area contributed by atoms with Crippen molar-refractivity contribution in [3.05, 3.63) is 45.6 Å². The normalized spacial score (nSPS) is 10.2. The molecule has 23 heavy (non-hydrogen) atoms. The molecule has 2 aromatic rings. The quantitative estimate of drug-likeness (QED) is 0.812. The smallest absolute Gasteiger partial charge is 0.341 e. The van der Waals surface area contributed by atoms with Gasteiger partial charge in [-0.05, 0) is 30.7 Å². The second-order valence-electron chi connectivity index (χ2n) is 4.77. The van der Waals surface area contributed by atoms with Crippen LogP contribution < -0.4 is 14.8 Å². The summed E-state index contributed by atoms with van der Waals surface area (Å²) in [6.07, 6.45) is 0. The van der Waals surface area contributed by atoms with Gasteiger partial charge < -0.3 is 19.9 Å². The van der Waals surface area contributed by atoms with Gasteiger partial charge >= 0.3 is 5.97 Å². The van der Waals surface area contributed by atoms with E-state index < -0.39 is 12.6 Å². The van der Waals surface area contributed by atoms with Crippen molar-refractivity contribution in [3.63, 3.8) is 0 Å². The second-order valence-corrected chi connectivity index (χ2v) is 6.02. The summed E-state index contributed by atoms with van der Waals surface area (Å²) >= 11 is 1.37. The molecule has 2 N–H and O–H groups in total. The van der Waals surface area contributed by atoms with Gasteiger partial charge in [0, 0.05) is 11.4 Å². The number of benzene rings is 1. The first-order valence-electron chi connectivity index (χ1n) is 6.85. The Hall–Kier alpha value is -2.54. The maximum atomic E-state index is 12.2. The lowest BCUT2D eigenvalue weighted by atomic mass is 10.2. The van der Waals surface area contributed by atoms with Gasteiger partial charge in [-0.15, -0.1) is 11.3 Å². The van der Waals surface area contributed by atoms with Crippen LogP contribution in [0.4, 0.5) is 0 Å². The Morgan fingerprint density at radius 2 is 2.09 bits per heavy atom. The minimum atomic E-state index is -1.04. The summed E-state index contributed by atoms with van der Waals surface area (Å²) in [7, 11) is 1.53. The van der Waals surface area contributed by atoms with E-state index in [1.165, 1.54) is 18.4 Å². The van der Waals surface area contributed by atoms with Crippen LogP contribution in [0.5, 0.6) is 11.5 Å². The summed E-state index contributed by atoms with van der Waals surface area (Å²) in [4.78, 5) is 24.2. The Morgan fingerprint density at radius 3 is 2.78 bits per heavy atom. The number of aryl methyl sites for hydroxylation is 1. The molecule has 0 bridgehead atoms. The molecule has 0 radical (unpaired) electrons. The summed E-state index contributed by atoms with van der Waals surface area (Å²) in [5, 5.41) is 11.4. The molecular weight excluding hydrogens is 318 g/mol. The number of amides is 1. The van der Waals surface area contributed by atoms with Gasteiger partial charge in [-0.1, -0.05) is 12.1 Å². The van der Waals surface area contributed by atoms with Gasteiger partial charge in [0.15, 0.2) is 6.61 Å². The van der Waals surface area contributed by atoms with E-state index in [2.05, 4.69) is 5.32 Å². The summed E-state index contributed by atoms with van der Waals surface area (Å²) in [5.41, 5.74) is 0.813. The molecule has 0 unspecified atom stereocenters. The largest absolute Gasteiger partial charge is 0.495 e. The molecule has 1 aromatic carbocycles. The highest BCUT2D eigenvalue weighted by Gasteiger charge is 2.15. The van der Waals surface area contributed by atoms with Gasteiger partial charge in [-0.3, -0.25) is 4.79 Å². The number of rotatable bonds is 7. The van der Waals surface area contributed by atoms with Gasteiger partial charge in [-0.25, -0.2) is 4.79 Å². The van der Waals surface area contributed by atoms with E-state index >= 15 is 0 Å². The van der Waals surface area contributed by atoms with Crippen molar-refractivity contribution < 1.29 is 24.2 Å². The highest BCUT2D eigenvalue weighted by molar-refractivity contribution is 7.14. The van der Waals surface area contributed by atoms with Crippen LogP contribution in [0, 0.1) is 6.92 Å². The van der Waals surface area contributed by atoms with Gasteiger partial charge in [0.1, 0.15) is 16.4 Å². The number of thiophene rings is 1. The third kappa shape index (κ3) is 4.72. The lowest BCUT2D eigenvalue weighted by Gasteiger charge is -2.08. The fourth-order valence-electron chi connectivity index (χ4n) is 1.95. The number of carboxylic acids is 1. The number of hydrogen-bond acceptors (Lipinski definition) is 5. The molecule has 6 nitrogen and oxygen atoms in total. The second kappa shape index (κ2) is 7.64. The minimum absolute atomic E-state index is 0.211. The summed E-state index contributed by atoms with van der Waals surface area (Å²) in [5.74, 6) is -0.243. The lowest BCUT2D eigenvalue weighted by Crippen LogP contribution is -2.22. The molecule has 0 fully saturated rings.